The minimum absolute atomic E-state index is 0. The highest BCUT2D eigenvalue weighted by molar-refractivity contribution is 14.0. The minimum atomic E-state index is 0. The van der Waals surface area contributed by atoms with Crippen LogP contribution in [0.3, 0.4) is 0 Å². The zero-order chi connectivity index (χ0) is 20.4. The van der Waals surface area contributed by atoms with Crippen LogP contribution in [0.25, 0.3) is 0 Å². The molecule has 0 aromatic heterocycles. The van der Waals surface area contributed by atoms with Crippen LogP contribution in [0.1, 0.15) is 11.1 Å². The smallest absolute Gasteiger partial charge is 0.191 e. The quantitative estimate of drug-likeness (QED) is 0.304. The van der Waals surface area contributed by atoms with Crippen LogP contribution in [0.2, 0.25) is 0 Å². The van der Waals surface area contributed by atoms with Gasteiger partial charge in [0.1, 0.15) is 11.5 Å². The van der Waals surface area contributed by atoms with Gasteiger partial charge in [-0.15, -0.1) is 24.0 Å². The van der Waals surface area contributed by atoms with Crippen LogP contribution < -0.4 is 29.6 Å². The first-order valence-electron chi connectivity index (χ1n) is 9.01. The molecule has 0 amide bonds. The van der Waals surface area contributed by atoms with Gasteiger partial charge in [-0.25, -0.2) is 0 Å². The van der Waals surface area contributed by atoms with Crippen LogP contribution in [0.15, 0.2) is 41.4 Å². The topological polar surface area (TPSA) is 73.3 Å². The average Bonchev–Trinajstić information content (AvgIpc) is 2.75. The van der Waals surface area contributed by atoms with Crippen molar-refractivity contribution in [2.75, 3.05) is 42.0 Å². The molecule has 2 N–H and O–H groups in total. The van der Waals surface area contributed by atoms with Gasteiger partial charge in [0.05, 0.1) is 28.4 Å². The van der Waals surface area contributed by atoms with Crippen LogP contribution in [0.4, 0.5) is 0 Å². The second-order valence-electron chi connectivity index (χ2n) is 5.97. The van der Waals surface area contributed by atoms with E-state index in [4.69, 9.17) is 18.9 Å². The molecular weight excluding hydrogens is 485 g/mol. The van der Waals surface area contributed by atoms with Crippen molar-refractivity contribution in [2.24, 2.45) is 4.99 Å². The monoisotopic (exact) mass is 515 g/mol. The lowest BCUT2D eigenvalue weighted by atomic mass is 10.1. The summed E-state index contributed by atoms with van der Waals surface area (Å²) < 4.78 is 21.3. The summed E-state index contributed by atoms with van der Waals surface area (Å²) in [6.45, 7) is 1.29. The number of nitrogens with zero attached hydrogens (tertiary/aromatic N) is 1. The number of halogens is 1. The number of rotatable bonds is 9. The third-order valence-electron chi connectivity index (χ3n) is 4.32. The highest BCUT2D eigenvalue weighted by Gasteiger charge is 2.12. The fourth-order valence-electron chi connectivity index (χ4n) is 2.75. The molecule has 0 unspecified atom stereocenters. The zero-order valence-corrected chi connectivity index (χ0v) is 19.9. The molecule has 0 aliphatic heterocycles. The summed E-state index contributed by atoms with van der Waals surface area (Å²) in [6.07, 6.45) is 0.879. The Kier molecular flexibility index (Phi) is 11.0. The Bertz CT molecular complexity index is 782. The highest BCUT2D eigenvalue weighted by atomic mass is 127. The van der Waals surface area contributed by atoms with E-state index in [1.165, 1.54) is 5.56 Å². The van der Waals surface area contributed by atoms with Crippen LogP contribution in [0, 0.1) is 0 Å². The summed E-state index contributed by atoms with van der Waals surface area (Å²) >= 11 is 0. The van der Waals surface area contributed by atoms with E-state index in [0.717, 1.165) is 30.0 Å². The lowest BCUT2D eigenvalue weighted by Crippen LogP contribution is -2.37. The predicted octanol–water partition coefficient (Wildman–Crippen LogP) is 3.25. The largest absolute Gasteiger partial charge is 0.497 e. The van der Waals surface area contributed by atoms with Crippen molar-refractivity contribution in [1.82, 2.24) is 10.6 Å². The Morgan fingerprint density at radius 1 is 0.828 bits per heavy atom. The first-order chi connectivity index (χ1) is 13.6. The van der Waals surface area contributed by atoms with Gasteiger partial charge in [0.25, 0.3) is 0 Å². The lowest BCUT2D eigenvalue weighted by molar-refractivity contribution is 0.347. The Labute approximate surface area is 189 Å². The van der Waals surface area contributed by atoms with E-state index in [9.17, 15) is 0 Å². The number of aliphatic imine (C=N–C) groups is 1. The van der Waals surface area contributed by atoms with Gasteiger partial charge in [-0.3, -0.25) is 4.99 Å². The summed E-state index contributed by atoms with van der Waals surface area (Å²) in [5.41, 5.74) is 2.17. The number of nitrogens with one attached hydrogen (secondary N) is 2. The fraction of sp³-hybridized carbons (Fsp3) is 0.381. The second-order valence-corrected chi connectivity index (χ2v) is 5.97. The molecule has 0 spiro atoms. The molecule has 0 bridgehead atoms. The summed E-state index contributed by atoms with van der Waals surface area (Å²) in [7, 11) is 8.26. The van der Waals surface area contributed by atoms with Gasteiger partial charge in [-0.05, 0) is 30.2 Å². The third kappa shape index (κ3) is 7.19. The standard InChI is InChI=1S/C21H29N3O4.HI/c1-22-21(23-11-10-15-6-8-17(25-2)9-7-15)24-14-16-12-19(27-4)20(28-5)13-18(16)26-3;/h6-9,12-13H,10-11,14H2,1-5H3,(H2,22,23,24);1H. The Hall–Kier alpha value is -2.36. The number of methoxy groups -OCH3 is 4. The maximum absolute atomic E-state index is 5.47. The van der Waals surface area contributed by atoms with Gasteiger partial charge in [0, 0.05) is 31.8 Å². The molecule has 0 aliphatic carbocycles. The molecule has 0 atom stereocenters. The fourth-order valence-corrected chi connectivity index (χ4v) is 2.75. The van der Waals surface area contributed by atoms with Crippen LogP contribution in [-0.4, -0.2) is 48.0 Å². The van der Waals surface area contributed by atoms with E-state index in [1.54, 1.807) is 35.5 Å². The maximum atomic E-state index is 5.47. The number of benzene rings is 2. The number of guanidine groups is 1. The number of ether oxygens (including phenoxy) is 4. The Balaban J connectivity index is 0.00000420. The van der Waals surface area contributed by atoms with Gasteiger partial charge < -0.3 is 29.6 Å². The summed E-state index contributed by atoms with van der Waals surface area (Å²) in [6, 6.07) is 11.8. The molecule has 8 heteroatoms. The van der Waals surface area contributed by atoms with Crippen LogP contribution in [-0.2, 0) is 13.0 Å². The highest BCUT2D eigenvalue weighted by Crippen LogP contribution is 2.34. The first kappa shape index (κ1) is 24.7. The van der Waals surface area contributed by atoms with Crippen molar-refractivity contribution >= 4 is 29.9 Å². The zero-order valence-electron chi connectivity index (χ0n) is 17.6. The van der Waals surface area contributed by atoms with E-state index < -0.39 is 0 Å². The Morgan fingerprint density at radius 2 is 1.45 bits per heavy atom. The molecule has 29 heavy (non-hydrogen) atoms. The van der Waals surface area contributed by atoms with E-state index in [2.05, 4.69) is 27.8 Å². The molecule has 2 aromatic carbocycles. The molecule has 2 rings (SSSR count). The normalized spacial score (nSPS) is 10.6. The molecule has 7 nitrogen and oxygen atoms in total. The van der Waals surface area contributed by atoms with Crippen LogP contribution in [0.5, 0.6) is 23.0 Å². The molecule has 160 valence electrons. The average molecular weight is 515 g/mol. The van der Waals surface area contributed by atoms with Gasteiger partial charge in [-0.2, -0.15) is 0 Å². The molecule has 0 saturated heterocycles. The van der Waals surface area contributed by atoms with E-state index in [-0.39, 0.29) is 24.0 Å². The first-order valence-corrected chi connectivity index (χ1v) is 9.01. The summed E-state index contributed by atoms with van der Waals surface area (Å²) in [5, 5.41) is 6.61. The van der Waals surface area contributed by atoms with E-state index in [0.29, 0.717) is 24.0 Å². The molecular formula is C21H30IN3O4. The predicted molar refractivity (Wildman–Crippen MR) is 126 cm³/mol. The molecule has 0 aliphatic rings. The Morgan fingerprint density at radius 3 is 2.00 bits per heavy atom. The van der Waals surface area contributed by atoms with Crippen molar-refractivity contribution in [2.45, 2.75) is 13.0 Å². The summed E-state index contributed by atoms with van der Waals surface area (Å²) in [5.74, 6) is 3.58. The van der Waals surface area contributed by atoms with Crippen molar-refractivity contribution in [1.29, 1.82) is 0 Å². The van der Waals surface area contributed by atoms with Crippen molar-refractivity contribution < 1.29 is 18.9 Å². The lowest BCUT2D eigenvalue weighted by Gasteiger charge is -2.16. The number of hydrogen-bond acceptors (Lipinski definition) is 5. The molecule has 0 radical (unpaired) electrons. The van der Waals surface area contributed by atoms with Gasteiger partial charge in [0.2, 0.25) is 0 Å². The van der Waals surface area contributed by atoms with Crippen molar-refractivity contribution in [3.8, 4) is 23.0 Å². The van der Waals surface area contributed by atoms with E-state index in [1.807, 2.05) is 24.3 Å². The maximum Gasteiger partial charge on any atom is 0.191 e. The van der Waals surface area contributed by atoms with Crippen molar-refractivity contribution in [3.05, 3.63) is 47.5 Å². The van der Waals surface area contributed by atoms with Gasteiger partial charge in [0.15, 0.2) is 17.5 Å². The third-order valence-corrected chi connectivity index (χ3v) is 4.32. The summed E-state index contributed by atoms with van der Waals surface area (Å²) in [4.78, 5) is 4.27. The SMILES string of the molecule is CN=C(NCCc1ccc(OC)cc1)NCc1cc(OC)c(OC)cc1OC.I. The molecule has 0 fully saturated rings. The minimum Gasteiger partial charge on any atom is -0.497 e. The molecule has 0 saturated carbocycles. The number of hydrogen-bond donors (Lipinski definition) is 2. The molecule has 2 aromatic rings. The van der Waals surface area contributed by atoms with Gasteiger partial charge >= 0.3 is 0 Å². The van der Waals surface area contributed by atoms with E-state index >= 15 is 0 Å². The molecule has 0 heterocycles. The van der Waals surface area contributed by atoms with Crippen LogP contribution >= 0.6 is 24.0 Å². The second kappa shape index (κ2) is 13.0. The van der Waals surface area contributed by atoms with Gasteiger partial charge in [-0.1, -0.05) is 12.1 Å². The van der Waals surface area contributed by atoms with Crippen molar-refractivity contribution in [3.63, 3.8) is 0 Å².